The molecule has 0 bridgehead atoms. The third-order valence-corrected chi connectivity index (χ3v) is 4.61. The summed E-state index contributed by atoms with van der Waals surface area (Å²) < 4.78 is 39.5. The van der Waals surface area contributed by atoms with Gasteiger partial charge in [0.1, 0.15) is 4.90 Å². The second-order valence-electron chi connectivity index (χ2n) is 3.71. The molecule has 102 valence electrons. The molecule has 0 aliphatic carbocycles. The fraction of sp³-hybridized carbons (Fsp3) is 0.400. The Kier molecular flexibility index (Phi) is 5.36. The summed E-state index contributed by atoms with van der Waals surface area (Å²) in [5, 5.41) is 7.90. The van der Waals surface area contributed by atoms with E-state index in [4.69, 9.17) is 28.3 Å². The topological polar surface area (TPSA) is 66.4 Å². The summed E-state index contributed by atoms with van der Waals surface area (Å²) in [6, 6.07) is 1.75. The first-order valence-corrected chi connectivity index (χ1v) is 7.30. The fourth-order valence-corrected chi connectivity index (χ4v) is 3.32. The van der Waals surface area contributed by atoms with E-state index in [9.17, 15) is 12.8 Å². The van der Waals surface area contributed by atoms with Gasteiger partial charge in [-0.1, -0.05) is 23.2 Å². The highest BCUT2D eigenvalue weighted by atomic mass is 35.5. The lowest BCUT2D eigenvalue weighted by atomic mass is 10.3. The van der Waals surface area contributed by atoms with E-state index in [2.05, 4.69) is 4.72 Å². The van der Waals surface area contributed by atoms with Crippen LogP contribution in [0.4, 0.5) is 4.39 Å². The zero-order valence-electron chi connectivity index (χ0n) is 9.45. The molecule has 0 heterocycles. The van der Waals surface area contributed by atoms with Crippen molar-refractivity contribution < 1.29 is 17.9 Å². The molecule has 0 saturated carbocycles. The summed E-state index contributed by atoms with van der Waals surface area (Å²) in [7, 11) is -3.94. The number of hydrogen-bond acceptors (Lipinski definition) is 3. The molecule has 1 rings (SSSR count). The van der Waals surface area contributed by atoms with Gasteiger partial charge >= 0.3 is 0 Å². The van der Waals surface area contributed by atoms with E-state index in [1.165, 1.54) is 0 Å². The zero-order chi connectivity index (χ0) is 13.9. The average Bonchev–Trinajstić information content (AvgIpc) is 2.25. The summed E-state index contributed by atoms with van der Waals surface area (Å²) in [6.45, 7) is 1.42. The predicted molar refractivity (Wildman–Crippen MR) is 67.9 cm³/mol. The van der Waals surface area contributed by atoms with Gasteiger partial charge in [-0.05, 0) is 25.5 Å². The number of aliphatic hydroxyl groups is 1. The first-order chi connectivity index (χ1) is 8.29. The predicted octanol–water partition coefficient (Wildman–Crippen LogP) is 2.18. The molecule has 0 spiro atoms. The van der Waals surface area contributed by atoms with Crippen LogP contribution < -0.4 is 4.72 Å². The van der Waals surface area contributed by atoms with E-state index in [-0.39, 0.29) is 22.9 Å². The van der Waals surface area contributed by atoms with Gasteiger partial charge in [-0.15, -0.1) is 0 Å². The Morgan fingerprint density at radius 3 is 2.61 bits per heavy atom. The Morgan fingerprint density at radius 2 is 2.06 bits per heavy atom. The van der Waals surface area contributed by atoms with Gasteiger partial charge in [0.25, 0.3) is 0 Å². The largest absolute Gasteiger partial charge is 0.396 e. The molecule has 2 N–H and O–H groups in total. The molecule has 0 aliphatic heterocycles. The highest BCUT2D eigenvalue weighted by Gasteiger charge is 2.23. The van der Waals surface area contributed by atoms with Crippen LogP contribution in [0.1, 0.15) is 13.3 Å². The maximum Gasteiger partial charge on any atom is 0.242 e. The smallest absolute Gasteiger partial charge is 0.242 e. The summed E-state index contributed by atoms with van der Waals surface area (Å²) >= 11 is 11.1. The Bertz CT molecular complexity index is 536. The van der Waals surface area contributed by atoms with Crippen molar-refractivity contribution in [1.29, 1.82) is 0 Å². The molecule has 8 heteroatoms. The van der Waals surface area contributed by atoms with Crippen molar-refractivity contribution in [2.75, 3.05) is 6.61 Å². The summed E-state index contributed by atoms with van der Waals surface area (Å²) in [4.78, 5) is -0.379. The number of hydrogen-bond donors (Lipinski definition) is 2. The number of halogens is 3. The molecule has 0 amide bonds. The number of nitrogens with one attached hydrogen (secondary N) is 1. The van der Waals surface area contributed by atoms with Gasteiger partial charge in [0.05, 0.1) is 10.0 Å². The SMILES string of the molecule is CC(CCO)NS(=O)(=O)c1ccc(Cl)c(F)c1Cl. The molecular formula is C10H12Cl2FNO3S. The van der Waals surface area contributed by atoms with E-state index in [0.717, 1.165) is 12.1 Å². The number of aliphatic hydroxyl groups excluding tert-OH is 1. The molecular weight excluding hydrogens is 304 g/mol. The van der Waals surface area contributed by atoms with Crippen molar-refractivity contribution in [3.8, 4) is 0 Å². The number of benzene rings is 1. The van der Waals surface area contributed by atoms with E-state index in [1.807, 2.05) is 0 Å². The molecule has 1 atom stereocenters. The van der Waals surface area contributed by atoms with Crippen molar-refractivity contribution in [3.05, 3.63) is 28.0 Å². The monoisotopic (exact) mass is 315 g/mol. The van der Waals surface area contributed by atoms with Crippen molar-refractivity contribution in [2.45, 2.75) is 24.3 Å². The van der Waals surface area contributed by atoms with Crippen molar-refractivity contribution >= 4 is 33.2 Å². The summed E-state index contributed by atoms with van der Waals surface area (Å²) in [6.07, 6.45) is 0.243. The van der Waals surface area contributed by atoms with Gasteiger partial charge in [0.15, 0.2) is 5.82 Å². The summed E-state index contributed by atoms with van der Waals surface area (Å²) in [5.74, 6) is -0.976. The molecule has 0 saturated heterocycles. The average molecular weight is 316 g/mol. The van der Waals surface area contributed by atoms with Crippen LogP contribution in [-0.2, 0) is 10.0 Å². The van der Waals surface area contributed by atoms with Crippen LogP contribution in [0.2, 0.25) is 10.0 Å². The van der Waals surface area contributed by atoms with Gasteiger partial charge < -0.3 is 5.11 Å². The Hall–Kier alpha value is -0.400. The standard InChI is InChI=1S/C10H12Cl2FNO3S/c1-6(4-5-15)14-18(16,17)8-3-2-7(11)10(13)9(8)12/h2-3,6,14-15H,4-5H2,1H3. The van der Waals surface area contributed by atoms with Gasteiger partial charge in [-0.2, -0.15) is 0 Å². The van der Waals surface area contributed by atoms with Crippen molar-refractivity contribution in [3.63, 3.8) is 0 Å². The van der Waals surface area contributed by atoms with Crippen LogP contribution >= 0.6 is 23.2 Å². The second-order valence-corrected chi connectivity index (χ2v) is 6.18. The van der Waals surface area contributed by atoms with Crippen LogP contribution in [0.3, 0.4) is 0 Å². The Labute approximate surface area is 115 Å². The van der Waals surface area contributed by atoms with Crippen molar-refractivity contribution in [2.24, 2.45) is 0 Å². The van der Waals surface area contributed by atoms with E-state index in [0.29, 0.717) is 0 Å². The van der Waals surface area contributed by atoms with Gasteiger partial charge in [0, 0.05) is 12.6 Å². The first kappa shape index (κ1) is 15.7. The maximum absolute atomic E-state index is 13.4. The lowest BCUT2D eigenvalue weighted by Gasteiger charge is -2.14. The molecule has 18 heavy (non-hydrogen) atoms. The highest BCUT2D eigenvalue weighted by molar-refractivity contribution is 7.89. The van der Waals surface area contributed by atoms with Gasteiger partial charge in [-0.25, -0.2) is 17.5 Å². The lowest BCUT2D eigenvalue weighted by Crippen LogP contribution is -2.33. The third kappa shape index (κ3) is 3.55. The molecule has 1 aromatic carbocycles. The second kappa shape index (κ2) is 6.16. The minimum atomic E-state index is -3.94. The fourth-order valence-electron chi connectivity index (χ4n) is 1.30. The maximum atomic E-state index is 13.4. The van der Waals surface area contributed by atoms with E-state index < -0.39 is 26.9 Å². The van der Waals surface area contributed by atoms with E-state index >= 15 is 0 Å². The van der Waals surface area contributed by atoms with Gasteiger partial charge in [-0.3, -0.25) is 0 Å². The van der Waals surface area contributed by atoms with Crippen LogP contribution in [-0.4, -0.2) is 26.2 Å². The van der Waals surface area contributed by atoms with Crippen LogP contribution in [0.25, 0.3) is 0 Å². The minimum Gasteiger partial charge on any atom is -0.396 e. The summed E-state index contributed by atoms with van der Waals surface area (Å²) in [5.41, 5.74) is 0. The molecule has 1 aromatic rings. The molecule has 0 fully saturated rings. The zero-order valence-corrected chi connectivity index (χ0v) is 11.8. The van der Waals surface area contributed by atoms with Gasteiger partial charge in [0.2, 0.25) is 10.0 Å². The quantitative estimate of drug-likeness (QED) is 0.818. The van der Waals surface area contributed by atoms with E-state index in [1.54, 1.807) is 6.92 Å². The highest BCUT2D eigenvalue weighted by Crippen LogP contribution is 2.29. The first-order valence-electron chi connectivity index (χ1n) is 5.06. The Morgan fingerprint density at radius 1 is 1.44 bits per heavy atom. The molecule has 0 aromatic heterocycles. The third-order valence-electron chi connectivity index (χ3n) is 2.21. The normalized spacial score (nSPS) is 13.6. The van der Waals surface area contributed by atoms with Crippen molar-refractivity contribution in [1.82, 2.24) is 4.72 Å². The Balaban J connectivity index is 3.10. The minimum absolute atomic E-state index is 0.160. The van der Waals surface area contributed by atoms with Crippen LogP contribution in [0, 0.1) is 5.82 Å². The number of rotatable bonds is 5. The molecule has 4 nitrogen and oxygen atoms in total. The number of sulfonamides is 1. The van der Waals surface area contributed by atoms with Crippen LogP contribution in [0.5, 0.6) is 0 Å². The lowest BCUT2D eigenvalue weighted by molar-refractivity contribution is 0.275. The van der Waals surface area contributed by atoms with Crippen LogP contribution in [0.15, 0.2) is 17.0 Å². The molecule has 1 unspecified atom stereocenters. The molecule has 0 aliphatic rings. The molecule has 0 radical (unpaired) electrons.